The molecule has 1 atom stereocenters. The number of carbonyl (C=O) groups excluding carboxylic acids is 2. The Labute approximate surface area is 107 Å². The van der Waals surface area contributed by atoms with E-state index in [9.17, 15) is 14.4 Å². The number of hydrogen-bond acceptors (Lipinski definition) is 3. The van der Waals surface area contributed by atoms with Crippen LogP contribution in [0.1, 0.15) is 6.92 Å². The molecule has 3 amide bonds. The molecule has 7 nitrogen and oxygen atoms in total. The van der Waals surface area contributed by atoms with Gasteiger partial charge in [-0.05, 0) is 0 Å². The van der Waals surface area contributed by atoms with Crippen LogP contribution in [-0.4, -0.2) is 79.0 Å². The molecule has 0 aliphatic carbocycles. The lowest BCUT2D eigenvalue weighted by Gasteiger charge is -2.26. The number of rotatable bonds is 5. The molecule has 0 spiro atoms. The van der Waals surface area contributed by atoms with Crippen molar-refractivity contribution in [3.8, 4) is 0 Å². The number of hydrogen-bond donors (Lipinski definition) is 1. The Bertz CT molecular complexity index is 330. The number of aliphatic carboxylic acids is 1. The summed E-state index contributed by atoms with van der Waals surface area (Å²) in [6.07, 6.45) is 0. The maximum atomic E-state index is 11.8. The van der Waals surface area contributed by atoms with Crippen LogP contribution in [-0.2, 0) is 9.59 Å². The molecule has 0 aliphatic heterocycles. The molecule has 0 heterocycles. The Morgan fingerprint density at radius 3 is 1.94 bits per heavy atom. The zero-order valence-electron chi connectivity index (χ0n) is 11.5. The van der Waals surface area contributed by atoms with E-state index < -0.39 is 11.9 Å². The Balaban J connectivity index is 4.37. The van der Waals surface area contributed by atoms with E-state index in [1.807, 2.05) is 0 Å². The first-order valence-electron chi connectivity index (χ1n) is 5.56. The van der Waals surface area contributed by atoms with Crippen molar-refractivity contribution < 1.29 is 19.5 Å². The van der Waals surface area contributed by atoms with Gasteiger partial charge in [-0.3, -0.25) is 9.59 Å². The molecular formula is C11H21N3O4. The number of carbonyl (C=O) groups is 3. The third kappa shape index (κ3) is 5.03. The minimum Gasteiger partial charge on any atom is -0.481 e. The molecule has 0 aromatic heterocycles. The molecule has 18 heavy (non-hydrogen) atoms. The summed E-state index contributed by atoms with van der Waals surface area (Å²) in [4.78, 5) is 37.9. The second-order valence-electron chi connectivity index (χ2n) is 4.55. The Morgan fingerprint density at radius 1 is 1.06 bits per heavy atom. The maximum absolute atomic E-state index is 11.8. The van der Waals surface area contributed by atoms with Crippen molar-refractivity contribution in [2.75, 3.05) is 41.3 Å². The molecule has 1 unspecified atom stereocenters. The number of amides is 3. The van der Waals surface area contributed by atoms with Crippen molar-refractivity contribution in [2.24, 2.45) is 5.92 Å². The van der Waals surface area contributed by atoms with Crippen molar-refractivity contribution in [3.63, 3.8) is 0 Å². The number of likely N-dealkylation sites (N-methyl/N-ethyl adjacent to an activating group) is 2. The van der Waals surface area contributed by atoms with Crippen molar-refractivity contribution in [1.82, 2.24) is 14.7 Å². The average Bonchev–Trinajstić information content (AvgIpc) is 2.27. The molecule has 0 aromatic rings. The second-order valence-corrected chi connectivity index (χ2v) is 4.55. The van der Waals surface area contributed by atoms with Gasteiger partial charge in [-0.15, -0.1) is 0 Å². The van der Waals surface area contributed by atoms with Crippen LogP contribution in [0.25, 0.3) is 0 Å². The van der Waals surface area contributed by atoms with Crippen molar-refractivity contribution in [3.05, 3.63) is 0 Å². The minimum absolute atomic E-state index is 0.0301. The first-order chi connectivity index (χ1) is 8.16. The predicted molar refractivity (Wildman–Crippen MR) is 66.1 cm³/mol. The summed E-state index contributed by atoms with van der Waals surface area (Å²) in [7, 11) is 6.23. The van der Waals surface area contributed by atoms with Gasteiger partial charge in [0.25, 0.3) is 0 Å². The number of urea groups is 1. The van der Waals surface area contributed by atoms with Crippen LogP contribution in [0.15, 0.2) is 0 Å². The molecular weight excluding hydrogens is 238 g/mol. The third-order valence-corrected chi connectivity index (χ3v) is 2.49. The lowest BCUT2D eigenvalue weighted by molar-refractivity contribution is -0.141. The van der Waals surface area contributed by atoms with Gasteiger partial charge in [0.1, 0.15) is 6.54 Å². The smallest absolute Gasteiger partial charge is 0.319 e. The highest BCUT2D eigenvalue weighted by Crippen LogP contribution is 2.01. The first-order valence-corrected chi connectivity index (χ1v) is 5.56. The van der Waals surface area contributed by atoms with E-state index in [0.717, 1.165) is 0 Å². The molecule has 0 bridgehead atoms. The second kappa shape index (κ2) is 6.83. The van der Waals surface area contributed by atoms with Crippen molar-refractivity contribution in [2.45, 2.75) is 6.92 Å². The van der Waals surface area contributed by atoms with Gasteiger partial charge >= 0.3 is 12.0 Å². The fraction of sp³-hybridized carbons (Fsp3) is 0.727. The summed E-state index contributed by atoms with van der Waals surface area (Å²) in [5, 5.41) is 8.76. The van der Waals surface area contributed by atoms with Crippen LogP contribution in [0.3, 0.4) is 0 Å². The SMILES string of the molecule is CC(CN(C)C(=O)N(C)CC(=O)N(C)C)C(=O)O. The van der Waals surface area contributed by atoms with Gasteiger partial charge in [0.05, 0.1) is 5.92 Å². The summed E-state index contributed by atoms with van der Waals surface area (Å²) < 4.78 is 0. The standard InChI is InChI=1S/C11H21N3O4/c1-8(10(16)17)6-13(4)11(18)14(5)7-9(15)12(2)3/h8H,6-7H2,1-5H3,(H,16,17). The van der Waals surface area contributed by atoms with Crippen molar-refractivity contribution in [1.29, 1.82) is 0 Å². The lowest BCUT2D eigenvalue weighted by atomic mass is 10.2. The highest BCUT2D eigenvalue weighted by atomic mass is 16.4. The molecule has 0 aliphatic rings. The third-order valence-electron chi connectivity index (χ3n) is 2.49. The molecule has 0 fully saturated rings. The molecule has 0 saturated carbocycles. The largest absolute Gasteiger partial charge is 0.481 e. The fourth-order valence-corrected chi connectivity index (χ4v) is 1.27. The fourth-order valence-electron chi connectivity index (χ4n) is 1.27. The van der Waals surface area contributed by atoms with Crippen molar-refractivity contribution >= 4 is 17.9 Å². The van der Waals surface area contributed by atoms with Crippen LogP contribution in [0.4, 0.5) is 4.79 Å². The maximum Gasteiger partial charge on any atom is 0.319 e. The van der Waals surface area contributed by atoms with Gasteiger partial charge in [-0.2, -0.15) is 0 Å². The normalized spacial score (nSPS) is 11.6. The predicted octanol–water partition coefficient (Wildman–Crippen LogP) is -0.221. The van der Waals surface area contributed by atoms with E-state index in [4.69, 9.17) is 5.11 Å². The van der Waals surface area contributed by atoms with Gasteiger partial charge in [0.2, 0.25) is 5.91 Å². The topological polar surface area (TPSA) is 81.2 Å². The van der Waals surface area contributed by atoms with Gasteiger partial charge in [-0.25, -0.2) is 4.79 Å². The quantitative estimate of drug-likeness (QED) is 0.740. The summed E-state index contributed by atoms with van der Waals surface area (Å²) in [5.74, 6) is -1.79. The molecule has 1 N–H and O–H groups in total. The first kappa shape index (κ1) is 16.2. The summed E-state index contributed by atoms with van der Waals surface area (Å²) in [6.45, 7) is 1.60. The highest BCUT2D eigenvalue weighted by molar-refractivity contribution is 5.83. The van der Waals surface area contributed by atoms with Crippen LogP contribution < -0.4 is 0 Å². The van der Waals surface area contributed by atoms with Gasteiger partial charge < -0.3 is 19.8 Å². The Hall–Kier alpha value is -1.79. The van der Waals surface area contributed by atoms with Gasteiger partial charge in [0.15, 0.2) is 0 Å². The zero-order chi connectivity index (χ0) is 14.5. The minimum atomic E-state index is -0.957. The number of carboxylic acid groups (broad SMARTS) is 1. The average molecular weight is 259 g/mol. The molecule has 104 valence electrons. The van der Waals surface area contributed by atoms with E-state index in [1.54, 1.807) is 14.1 Å². The van der Waals surface area contributed by atoms with E-state index in [0.29, 0.717) is 0 Å². The molecule has 0 radical (unpaired) electrons. The number of nitrogens with zero attached hydrogens (tertiary/aromatic N) is 3. The van der Waals surface area contributed by atoms with Crippen LogP contribution >= 0.6 is 0 Å². The highest BCUT2D eigenvalue weighted by Gasteiger charge is 2.21. The summed E-state index contributed by atoms with van der Waals surface area (Å²) in [5.41, 5.74) is 0. The summed E-state index contributed by atoms with van der Waals surface area (Å²) >= 11 is 0. The number of carboxylic acids is 1. The van der Waals surface area contributed by atoms with E-state index in [-0.39, 0.29) is 25.0 Å². The Kier molecular flexibility index (Phi) is 6.15. The lowest BCUT2D eigenvalue weighted by Crippen LogP contribution is -2.45. The molecule has 0 saturated heterocycles. The Morgan fingerprint density at radius 2 is 1.56 bits per heavy atom. The molecule has 0 aromatic carbocycles. The van der Waals surface area contributed by atoms with Gasteiger partial charge in [0, 0.05) is 34.7 Å². The molecule has 0 rings (SSSR count). The van der Waals surface area contributed by atoms with Crippen LogP contribution in [0.2, 0.25) is 0 Å². The van der Waals surface area contributed by atoms with E-state index in [1.165, 1.54) is 35.7 Å². The summed E-state index contributed by atoms with van der Waals surface area (Å²) in [6, 6.07) is -0.377. The molecule has 7 heteroatoms. The van der Waals surface area contributed by atoms with Crippen LogP contribution in [0, 0.1) is 5.92 Å². The monoisotopic (exact) mass is 259 g/mol. The zero-order valence-corrected chi connectivity index (χ0v) is 11.5. The van der Waals surface area contributed by atoms with Gasteiger partial charge in [-0.1, -0.05) is 6.92 Å². The van der Waals surface area contributed by atoms with E-state index in [2.05, 4.69) is 0 Å². The van der Waals surface area contributed by atoms with Crippen LogP contribution in [0.5, 0.6) is 0 Å². The van der Waals surface area contributed by atoms with E-state index >= 15 is 0 Å².